The van der Waals surface area contributed by atoms with Crippen molar-refractivity contribution in [1.29, 1.82) is 0 Å². The van der Waals surface area contributed by atoms with Crippen LogP contribution in [0.4, 0.5) is 0 Å². The first-order valence-electron chi connectivity index (χ1n) is 3.96. The lowest BCUT2D eigenvalue weighted by Crippen LogP contribution is -2.37. The van der Waals surface area contributed by atoms with Crippen LogP contribution in [-0.2, 0) is 9.53 Å². The van der Waals surface area contributed by atoms with E-state index in [1.807, 2.05) is 0 Å². The molecular formula is C8H15NO2. The molecule has 1 fully saturated rings. The van der Waals surface area contributed by atoms with Gasteiger partial charge in [-0.15, -0.1) is 0 Å². The van der Waals surface area contributed by atoms with Gasteiger partial charge in [0, 0.05) is 7.11 Å². The number of hydrogen-bond acceptors (Lipinski definition) is 3. The normalized spacial score (nSPS) is 35.4. The van der Waals surface area contributed by atoms with Crippen molar-refractivity contribution < 1.29 is 9.53 Å². The van der Waals surface area contributed by atoms with Crippen molar-refractivity contribution in [3.8, 4) is 0 Å². The molecule has 11 heavy (non-hydrogen) atoms. The molecule has 0 radical (unpaired) electrons. The van der Waals surface area contributed by atoms with Crippen molar-refractivity contribution in [1.82, 2.24) is 0 Å². The lowest BCUT2D eigenvalue weighted by atomic mass is 10.1. The van der Waals surface area contributed by atoms with Gasteiger partial charge in [0.05, 0.1) is 5.54 Å². The van der Waals surface area contributed by atoms with E-state index >= 15 is 0 Å². The summed E-state index contributed by atoms with van der Waals surface area (Å²) in [5, 5.41) is 0. The number of Topliss-reactive ketones (excluding diaryl/α,β-unsaturated/α-hetero) is 1. The molecule has 0 amide bonds. The van der Waals surface area contributed by atoms with Gasteiger partial charge in [-0.1, -0.05) is 13.3 Å². The molecule has 0 aliphatic heterocycles. The van der Waals surface area contributed by atoms with E-state index < -0.39 is 5.54 Å². The third kappa shape index (κ3) is 1.44. The number of hydrogen-bond donors (Lipinski definition) is 1. The number of methoxy groups -OCH3 is 1. The van der Waals surface area contributed by atoms with Gasteiger partial charge in [0.15, 0.2) is 5.78 Å². The average molecular weight is 157 g/mol. The number of carbonyl (C=O) groups is 1. The number of nitrogens with two attached hydrogens (primary N) is 1. The molecule has 0 bridgehead atoms. The van der Waals surface area contributed by atoms with Crippen LogP contribution in [0.3, 0.4) is 0 Å². The van der Waals surface area contributed by atoms with Gasteiger partial charge >= 0.3 is 0 Å². The summed E-state index contributed by atoms with van der Waals surface area (Å²) in [7, 11) is 1.52. The van der Waals surface area contributed by atoms with E-state index in [4.69, 9.17) is 10.5 Å². The molecule has 2 atom stereocenters. The number of ketones is 1. The highest BCUT2D eigenvalue weighted by atomic mass is 16.5. The van der Waals surface area contributed by atoms with Crippen molar-refractivity contribution in [2.75, 3.05) is 13.7 Å². The molecule has 0 aromatic heterocycles. The molecule has 0 aromatic carbocycles. The standard InChI is InChI=1S/C8H15NO2/c1-3-6-4-8(6,9)7(10)5-11-2/h6H,3-5,9H2,1-2H3/t6-,8+/m0/s1. The smallest absolute Gasteiger partial charge is 0.178 e. The van der Waals surface area contributed by atoms with Crippen molar-refractivity contribution in [3.05, 3.63) is 0 Å². The van der Waals surface area contributed by atoms with Crippen molar-refractivity contribution in [2.24, 2.45) is 11.7 Å². The summed E-state index contributed by atoms with van der Waals surface area (Å²) >= 11 is 0. The fraction of sp³-hybridized carbons (Fsp3) is 0.875. The van der Waals surface area contributed by atoms with E-state index in [0.717, 1.165) is 12.8 Å². The van der Waals surface area contributed by atoms with Crippen molar-refractivity contribution in [2.45, 2.75) is 25.3 Å². The summed E-state index contributed by atoms with van der Waals surface area (Å²) in [4.78, 5) is 11.2. The second-order valence-electron chi connectivity index (χ2n) is 3.21. The van der Waals surface area contributed by atoms with Gasteiger partial charge in [-0.25, -0.2) is 0 Å². The van der Waals surface area contributed by atoms with Crippen LogP contribution in [0.15, 0.2) is 0 Å². The van der Waals surface area contributed by atoms with Gasteiger partial charge in [-0.2, -0.15) is 0 Å². The summed E-state index contributed by atoms with van der Waals surface area (Å²) in [6, 6.07) is 0. The molecule has 1 aliphatic rings. The lowest BCUT2D eigenvalue weighted by Gasteiger charge is -2.07. The zero-order valence-corrected chi connectivity index (χ0v) is 7.09. The SMILES string of the molecule is CC[C@H]1C[C@]1(N)C(=O)COC. The van der Waals surface area contributed by atoms with Crippen LogP contribution in [0.1, 0.15) is 19.8 Å². The molecule has 1 aliphatic carbocycles. The first-order chi connectivity index (χ1) is 5.15. The topological polar surface area (TPSA) is 52.3 Å². The van der Waals surface area contributed by atoms with Crippen LogP contribution in [0.25, 0.3) is 0 Å². The molecular weight excluding hydrogens is 142 g/mol. The number of carbonyl (C=O) groups excluding carboxylic acids is 1. The molecule has 2 N–H and O–H groups in total. The first-order valence-corrected chi connectivity index (χ1v) is 3.96. The van der Waals surface area contributed by atoms with Gasteiger partial charge in [0.2, 0.25) is 0 Å². The largest absolute Gasteiger partial charge is 0.377 e. The first kappa shape index (κ1) is 8.68. The minimum absolute atomic E-state index is 0.0480. The van der Waals surface area contributed by atoms with Crippen LogP contribution in [0.2, 0.25) is 0 Å². The highest BCUT2D eigenvalue weighted by molar-refractivity contribution is 5.92. The van der Waals surface area contributed by atoms with Gasteiger partial charge in [0.1, 0.15) is 6.61 Å². The Hall–Kier alpha value is -0.410. The molecule has 0 spiro atoms. The van der Waals surface area contributed by atoms with Crippen LogP contribution >= 0.6 is 0 Å². The molecule has 0 saturated heterocycles. The summed E-state index contributed by atoms with van der Waals surface area (Å²) in [5.41, 5.74) is 5.26. The molecule has 1 rings (SSSR count). The Morgan fingerprint density at radius 2 is 2.45 bits per heavy atom. The maximum absolute atomic E-state index is 11.2. The molecule has 0 unspecified atom stereocenters. The van der Waals surface area contributed by atoms with Crippen LogP contribution in [0, 0.1) is 5.92 Å². The number of rotatable bonds is 4. The Labute approximate surface area is 66.9 Å². The van der Waals surface area contributed by atoms with E-state index in [9.17, 15) is 4.79 Å². The Bertz CT molecular complexity index is 169. The van der Waals surface area contributed by atoms with E-state index in [1.165, 1.54) is 7.11 Å². The fourth-order valence-corrected chi connectivity index (χ4v) is 1.46. The Morgan fingerprint density at radius 3 is 2.82 bits per heavy atom. The van der Waals surface area contributed by atoms with E-state index in [-0.39, 0.29) is 12.4 Å². The maximum Gasteiger partial charge on any atom is 0.178 e. The zero-order valence-electron chi connectivity index (χ0n) is 7.09. The Morgan fingerprint density at radius 1 is 1.82 bits per heavy atom. The summed E-state index contributed by atoms with van der Waals surface area (Å²) < 4.78 is 4.73. The van der Waals surface area contributed by atoms with Crippen molar-refractivity contribution in [3.63, 3.8) is 0 Å². The predicted octanol–water partition coefficient (Wildman–Crippen LogP) is 0.329. The minimum atomic E-state index is -0.537. The molecule has 0 heterocycles. The van der Waals surface area contributed by atoms with Gasteiger partial charge in [-0.3, -0.25) is 4.79 Å². The van der Waals surface area contributed by atoms with E-state index in [0.29, 0.717) is 5.92 Å². The molecule has 1 saturated carbocycles. The summed E-state index contributed by atoms with van der Waals surface area (Å²) in [5.74, 6) is 0.442. The van der Waals surface area contributed by atoms with Crippen LogP contribution in [-0.4, -0.2) is 25.0 Å². The molecule has 0 aromatic rings. The fourth-order valence-electron chi connectivity index (χ4n) is 1.46. The second kappa shape index (κ2) is 2.91. The second-order valence-corrected chi connectivity index (χ2v) is 3.21. The third-order valence-electron chi connectivity index (χ3n) is 2.44. The molecule has 64 valence electrons. The summed E-state index contributed by atoms with van der Waals surface area (Å²) in [6.07, 6.45) is 1.83. The quantitative estimate of drug-likeness (QED) is 0.639. The molecule has 3 nitrogen and oxygen atoms in total. The monoisotopic (exact) mass is 157 g/mol. The molecule has 3 heteroatoms. The van der Waals surface area contributed by atoms with E-state index in [1.54, 1.807) is 0 Å². The van der Waals surface area contributed by atoms with Gasteiger partial charge < -0.3 is 10.5 Å². The van der Waals surface area contributed by atoms with Gasteiger partial charge in [0.25, 0.3) is 0 Å². The number of ether oxygens (including phenoxy) is 1. The van der Waals surface area contributed by atoms with E-state index in [2.05, 4.69) is 6.92 Å². The highest BCUT2D eigenvalue weighted by Gasteiger charge is 2.54. The van der Waals surface area contributed by atoms with Crippen LogP contribution in [0.5, 0.6) is 0 Å². The van der Waals surface area contributed by atoms with Gasteiger partial charge in [-0.05, 0) is 12.3 Å². The predicted molar refractivity (Wildman–Crippen MR) is 42.2 cm³/mol. The Kier molecular flexibility index (Phi) is 2.30. The van der Waals surface area contributed by atoms with Crippen LogP contribution < -0.4 is 5.73 Å². The van der Waals surface area contributed by atoms with Crippen molar-refractivity contribution >= 4 is 5.78 Å². The maximum atomic E-state index is 11.2. The Balaban J connectivity index is 2.42. The average Bonchev–Trinajstić information content (AvgIpc) is 2.64. The zero-order chi connectivity index (χ0) is 8.48. The lowest BCUT2D eigenvalue weighted by molar-refractivity contribution is -0.125. The third-order valence-corrected chi connectivity index (χ3v) is 2.44. The highest BCUT2D eigenvalue weighted by Crippen LogP contribution is 2.43. The minimum Gasteiger partial charge on any atom is -0.377 e. The summed E-state index contributed by atoms with van der Waals surface area (Å²) in [6.45, 7) is 2.21.